The summed E-state index contributed by atoms with van der Waals surface area (Å²) < 4.78 is 56.4. The molecule has 1 aromatic rings. The monoisotopic (exact) mass is 389 g/mol. The minimum absolute atomic E-state index is 0.0611. The van der Waals surface area contributed by atoms with Gasteiger partial charge >= 0.3 is 12.1 Å². The predicted molar refractivity (Wildman–Crippen MR) is 84.9 cm³/mol. The summed E-state index contributed by atoms with van der Waals surface area (Å²) in [6.45, 7) is 0.695. The van der Waals surface area contributed by atoms with Crippen LogP contribution in [0.15, 0.2) is 6.07 Å². The molecule has 0 aliphatic carbocycles. The number of amides is 1. The molecule has 1 aromatic carbocycles. The second kappa shape index (κ2) is 8.85. The van der Waals surface area contributed by atoms with E-state index in [0.717, 1.165) is 7.11 Å². The first-order valence-corrected chi connectivity index (χ1v) is 8.03. The summed E-state index contributed by atoms with van der Waals surface area (Å²) in [5, 5.41) is 0. The van der Waals surface area contributed by atoms with E-state index in [2.05, 4.69) is 9.47 Å². The summed E-state index contributed by atoms with van der Waals surface area (Å²) in [5.74, 6) is -7.01. The van der Waals surface area contributed by atoms with Gasteiger partial charge in [-0.25, -0.2) is 22.8 Å². The highest BCUT2D eigenvalue weighted by atomic mass is 19.2. The fourth-order valence-corrected chi connectivity index (χ4v) is 2.72. The molecule has 0 spiro atoms. The molecule has 0 saturated carbocycles. The van der Waals surface area contributed by atoms with E-state index in [1.165, 1.54) is 12.0 Å². The van der Waals surface area contributed by atoms with Crippen LogP contribution in [0.2, 0.25) is 0 Å². The van der Waals surface area contributed by atoms with Gasteiger partial charge in [-0.1, -0.05) is 0 Å². The number of hydrogen-bond acceptors (Lipinski definition) is 6. The standard InChI is InChI=1S/C17H18F3NO6/c1-25-16(23)10-7-11(18)13(15(20)14(10)19)12(22)4-3-9-8-21(5-6-27-9)17(24)26-2/h7,9H,3-6,8H2,1-2H3/t9-/m0/s1. The molecule has 1 aliphatic rings. The minimum atomic E-state index is -1.75. The maximum Gasteiger partial charge on any atom is 0.409 e. The quantitative estimate of drug-likeness (QED) is 0.437. The van der Waals surface area contributed by atoms with E-state index in [0.29, 0.717) is 12.6 Å². The van der Waals surface area contributed by atoms with Gasteiger partial charge in [0, 0.05) is 13.0 Å². The SMILES string of the molecule is COC(=O)c1cc(F)c(C(=O)CC[C@H]2CN(C(=O)OC)CCO2)c(F)c1F. The van der Waals surface area contributed by atoms with Crippen LogP contribution in [0.4, 0.5) is 18.0 Å². The Morgan fingerprint density at radius 3 is 2.52 bits per heavy atom. The number of halogens is 3. The molecule has 1 aliphatic heterocycles. The van der Waals surface area contributed by atoms with Gasteiger partial charge in [0.1, 0.15) is 11.4 Å². The van der Waals surface area contributed by atoms with Crippen LogP contribution in [-0.4, -0.2) is 62.8 Å². The van der Waals surface area contributed by atoms with Crippen LogP contribution in [0.3, 0.4) is 0 Å². The van der Waals surface area contributed by atoms with Crippen molar-refractivity contribution in [1.82, 2.24) is 4.90 Å². The van der Waals surface area contributed by atoms with Crippen LogP contribution in [0.5, 0.6) is 0 Å². The molecule has 0 bridgehead atoms. The molecule has 2 rings (SSSR count). The van der Waals surface area contributed by atoms with Crippen molar-refractivity contribution in [3.05, 3.63) is 34.6 Å². The Hall–Kier alpha value is -2.62. The number of methoxy groups -OCH3 is 2. The van der Waals surface area contributed by atoms with Crippen LogP contribution in [0, 0.1) is 17.5 Å². The van der Waals surface area contributed by atoms with Crippen LogP contribution in [-0.2, 0) is 14.2 Å². The summed E-state index contributed by atoms with van der Waals surface area (Å²) in [7, 11) is 2.16. The first-order valence-electron chi connectivity index (χ1n) is 8.03. The average molecular weight is 389 g/mol. The van der Waals surface area contributed by atoms with E-state index in [9.17, 15) is 27.6 Å². The van der Waals surface area contributed by atoms with Crippen molar-refractivity contribution in [3.63, 3.8) is 0 Å². The molecule has 148 valence electrons. The number of rotatable bonds is 5. The Bertz CT molecular complexity index is 755. The Kier molecular flexibility index (Phi) is 6.78. The molecule has 0 aromatic heterocycles. The molecule has 7 nitrogen and oxygen atoms in total. The van der Waals surface area contributed by atoms with Gasteiger partial charge in [0.25, 0.3) is 0 Å². The van der Waals surface area contributed by atoms with E-state index < -0.39 is 52.5 Å². The van der Waals surface area contributed by atoms with Crippen molar-refractivity contribution in [1.29, 1.82) is 0 Å². The van der Waals surface area contributed by atoms with Crippen LogP contribution < -0.4 is 0 Å². The number of carbonyl (C=O) groups excluding carboxylic acids is 3. The molecule has 0 unspecified atom stereocenters. The number of Topliss-reactive ketones (excluding diaryl/α,β-unsaturated/α-hetero) is 1. The van der Waals surface area contributed by atoms with Crippen molar-refractivity contribution in [3.8, 4) is 0 Å². The first-order chi connectivity index (χ1) is 12.8. The molecular weight excluding hydrogens is 371 g/mol. The molecule has 1 amide bonds. The predicted octanol–water partition coefficient (Wildman–Crippen LogP) is 2.32. The molecular formula is C17H18F3NO6. The number of carbonyl (C=O) groups is 3. The molecule has 10 heteroatoms. The lowest BCUT2D eigenvalue weighted by molar-refractivity contribution is -0.0278. The van der Waals surface area contributed by atoms with E-state index in [4.69, 9.17) is 4.74 Å². The van der Waals surface area contributed by atoms with Gasteiger partial charge < -0.3 is 19.1 Å². The number of morpholine rings is 1. The van der Waals surface area contributed by atoms with Crippen molar-refractivity contribution < 1.29 is 41.8 Å². The fourth-order valence-electron chi connectivity index (χ4n) is 2.72. The van der Waals surface area contributed by atoms with Gasteiger partial charge in [-0.15, -0.1) is 0 Å². The van der Waals surface area contributed by atoms with Gasteiger partial charge in [-0.2, -0.15) is 0 Å². The van der Waals surface area contributed by atoms with Gasteiger partial charge in [0.2, 0.25) is 0 Å². The summed E-state index contributed by atoms with van der Waals surface area (Å²) >= 11 is 0. The average Bonchev–Trinajstić information content (AvgIpc) is 2.68. The molecule has 1 fully saturated rings. The molecule has 1 heterocycles. The van der Waals surface area contributed by atoms with Crippen molar-refractivity contribution in [2.45, 2.75) is 18.9 Å². The molecule has 0 radical (unpaired) electrons. The lowest BCUT2D eigenvalue weighted by Gasteiger charge is -2.31. The third-order valence-electron chi connectivity index (χ3n) is 4.11. The lowest BCUT2D eigenvalue weighted by atomic mass is 10.0. The highest BCUT2D eigenvalue weighted by Crippen LogP contribution is 2.23. The maximum atomic E-state index is 14.1. The van der Waals surface area contributed by atoms with Crippen LogP contribution >= 0.6 is 0 Å². The maximum absolute atomic E-state index is 14.1. The Morgan fingerprint density at radius 1 is 1.19 bits per heavy atom. The Labute approximate surface area is 153 Å². The number of ether oxygens (including phenoxy) is 3. The van der Waals surface area contributed by atoms with Gasteiger partial charge in [0.05, 0.1) is 39.0 Å². The zero-order valence-corrected chi connectivity index (χ0v) is 14.7. The number of esters is 1. The number of ketones is 1. The fraction of sp³-hybridized carbons (Fsp3) is 0.471. The molecule has 1 atom stereocenters. The second-order valence-corrected chi connectivity index (χ2v) is 5.77. The second-order valence-electron chi connectivity index (χ2n) is 5.77. The third-order valence-corrected chi connectivity index (χ3v) is 4.11. The highest BCUT2D eigenvalue weighted by Gasteiger charge is 2.29. The number of hydrogen-bond donors (Lipinski definition) is 0. The summed E-state index contributed by atoms with van der Waals surface area (Å²) in [6.07, 6.45) is -1.37. The zero-order valence-electron chi connectivity index (χ0n) is 14.7. The van der Waals surface area contributed by atoms with Crippen molar-refractivity contribution >= 4 is 17.8 Å². The van der Waals surface area contributed by atoms with E-state index in [-0.39, 0.29) is 26.0 Å². The smallest absolute Gasteiger partial charge is 0.409 e. The summed E-state index contributed by atoms with van der Waals surface area (Å²) in [5.41, 5.74) is -2.01. The highest BCUT2D eigenvalue weighted by molar-refractivity contribution is 5.98. The lowest BCUT2D eigenvalue weighted by Crippen LogP contribution is -2.45. The molecule has 27 heavy (non-hydrogen) atoms. The number of benzene rings is 1. The van der Waals surface area contributed by atoms with Gasteiger partial charge in [0.15, 0.2) is 17.4 Å². The van der Waals surface area contributed by atoms with Gasteiger partial charge in [-0.3, -0.25) is 4.79 Å². The summed E-state index contributed by atoms with van der Waals surface area (Å²) in [4.78, 5) is 36.4. The normalized spacial score (nSPS) is 16.8. The summed E-state index contributed by atoms with van der Waals surface area (Å²) in [6, 6.07) is 0.424. The van der Waals surface area contributed by atoms with E-state index in [1.807, 2.05) is 0 Å². The Morgan fingerprint density at radius 2 is 1.89 bits per heavy atom. The van der Waals surface area contributed by atoms with Crippen molar-refractivity contribution in [2.24, 2.45) is 0 Å². The molecule has 1 saturated heterocycles. The van der Waals surface area contributed by atoms with E-state index in [1.54, 1.807) is 0 Å². The van der Waals surface area contributed by atoms with Crippen LogP contribution in [0.25, 0.3) is 0 Å². The number of nitrogens with zero attached hydrogens (tertiary/aromatic N) is 1. The third kappa shape index (κ3) is 4.57. The van der Waals surface area contributed by atoms with Gasteiger partial charge in [-0.05, 0) is 12.5 Å². The van der Waals surface area contributed by atoms with Crippen LogP contribution in [0.1, 0.15) is 33.6 Å². The first kappa shape index (κ1) is 20.7. The topological polar surface area (TPSA) is 82.1 Å². The Balaban J connectivity index is 2.09. The van der Waals surface area contributed by atoms with Crippen molar-refractivity contribution in [2.75, 3.05) is 33.9 Å². The zero-order chi connectivity index (χ0) is 20.1. The molecule has 0 N–H and O–H groups in total. The largest absolute Gasteiger partial charge is 0.465 e. The minimum Gasteiger partial charge on any atom is -0.465 e. The van der Waals surface area contributed by atoms with E-state index >= 15 is 0 Å².